The second-order valence-corrected chi connectivity index (χ2v) is 5.25. The SMILES string of the molecule is O=C(Cc1ccccc1)N(CCCl)C1CCCC1. The lowest BCUT2D eigenvalue weighted by Gasteiger charge is -2.28. The third-order valence-electron chi connectivity index (χ3n) is 3.61. The summed E-state index contributed by atoms with van der Waals surface area (Å²) < 4.78 is 0. The number of hydrogen-bond donors (Lipinski definition) is 0. The van der Waals surface area contributed by atoms with E-state index in [1.807, 2.05) is 35.2 Å². The van der Waals surface area contributed by atoms with Crippen molar-refractivity contribution in [2.75, 3.05) is 12.4 Å². The fraction of sp³-hybridized carbons (Fsp3) is 0.533. The normalized spacial score (nSPS) is 15.8. The number of amides is 1. The molecule has 0 N–H and O–H groups in total. The van der Waals surface area contributed by atoms with Crippen molar-refractivity contribution in [2.45, 2.75) is 38.1 Å². The van der Waals surface area contributed by atoms with Gasteiger partial charge in [-0.05, 0) is 18.4 Å². The Kier molecular flexibility index (Phi) is 5.06. The third kappa shape index (κ3) is 3.49. The molecule has 98 valence electrons. The predicted octanol–water partition coefficient (Wildman–Crippen LogP) is 3.24. The van der Waals surface area contributed by atoms with E-state index in [0.717, 1.165) is 18.4 Å². The van der Waals surface area contributed by atoms with Crippen LogP contribution in [0.25, 0.3) is 0 Å². The highest BCUT2D eigenvalue weighted by Crippen LogP contribution is 2.24. The maximum absolute atomic E-state index is 12.4. The predicted molar refractivity (Wildman–Crippen MR) is 74.8 cm³/mol. The smallest absolute Gasteiger partial charge is 0.227 e. The highest BCUT2D eigenvalue weighted by molar-refractivity contribution is 6.18. The van der Waals surface area contributed by atoms with Crippen LogP contribution in [0, 0.1) is 0 Å². The highest BCUT2D eigenvalue weighted by atomic mass is 35.5. The second kappa shape index (κ2) is 6.79. The van der Waals surface area contributed by atoms with Crippen molar-refractivity contribution in [3.63, 3.8) is 0 Å². The number of rotatable bonds is 5. The van der Waals surface area contributed by atoms with Crippen LogP contribution in [0.2, 0.25) is 0 Å². The molecule has 1 aromatic carbocycles. The first-order valence-electron chi connectivity index (χ1n) is 6.70. The average Bonchev–Trinajstić information content (AvgIpc) is 2.90. The number of carbonyl (C=O) groups is 1. The molecule has 1 fully saturated rings. The van der Waals surface area contributed by atoms with Gasteiger partial charge in [-0.15, -0.1) is 11.6 Å². The lowest BCUT2D eigenvalue weighted by Crippen LogP contribution is -2.41. The third-order valence-corrected chi connectivity index (χ3v) is 3.78. The summed E-state index contributed by atoms with van der Waals surface area (Å²) in [7, 11) is 0. The van der Waals surface area contributed by atoms with Gasteiger partial charge in [-0.25, -0.2) is 0 Å². The Labute approximate surface area is 114 Å². The lowest BCUT2D eigenvalue weighted by molar-refractivity contribution is -0.132. The average molecular weight is 266 g/mol. The van der Waals surface area contributed by atoms with Gasteiger partial charge in [0, 0.05) is 18.5 Å². The highest BCUT2D eigenvalue weighted by Gasteiger charge is 2.25. The Bertz CT molecular complexity index is 373. The first-order valence-corrected chi connectivity index (χ1v) is 7.24. The van der Waals surface area contributed by atoms with Crippen LogP contribution in [-0.2, 0) is 11.2 Å². The molecule has 0 unspecified atom stereocenters. The van der Waals surface area contributed by atoms with Crippen molar-refractivity contribution in [1.82, 2.24) is 4.90 Å². The van der Waals surface area contributed by atoms with Gasteiger partial charge in [-0.3, -0.25) is 4.79 Å². The number of carbonyl (C=O) groups excluding carboxylic acids is 1. The van der Waals surface area contributed by atoms with E-state index in [2.05, 4.69) is 0 Å². The van der Waals surface area contributed by atoms with Crippen molar-refractivity contribution < 1.29 is 4.79 Å². The van der Waals surface area contributed by atoms with Crippen molar-refractivity contribution in [3.05, 3.63) is 35.9 Å². The van der Waals surface area contributed by atoms with E-state index in [4.69, 9.17) is 11.6 Å². The second-order valence-electron chi connectivity index (χ2n) is 4.88. The van der Waals surface area contributed by atoms with Crippen LogP contribution >= 0.6 is 11.6 Å². The number of hydrogen-bond acceptors (Lipinski definition) is 1. The van der Waals surface area contributed by atoms with E-state index in [1.165, 1.54) is 12.8 Å². The molecule has 2 nitrogen and oxygen atoms in total. The molecule has 0 spiro atoms. The fourth-order valence-corrected chi connectivity index (χ4v) is 2.87. The van der Waals surface area contributed by atoms with Crippen molar-refractivity contribution in [2.24, 2.45) is 0 Å². The molecule has 1 amide bonds. The van der Waals surface area contributed by atoms with E-state index in [0.29, 0.717) is 24.9 Å². The summed E-state index contributed by atoms with van der Waals surface area (Å²) in [6.45, 7) is 0.678. The van der Waals surface area contributed by atoms with Crippen LogP contribution < -0.4 is 0 Å². The van der Waals surface area contributed by atoms with Crippen LogP contribution in [0.1, 0.15) is 31.2 Å². The van der Waals surface area contributed by atoms with Gasteiger partial charge in [-0.2, -0.15) is 0 Å². The quantitative estimate of drug-likeness (QED) is 0.749. The first kappa shape index (κ1) is 13.4. The van der Waals surface area contributed by atoms with Gasteiger partial charge in [0.1, 0.15) is 0 Å². The standard InChI is InChI=1S/C15H20ClNO/c16-10-11-17(14-8-4-5-9-14)15(18)12-13-6-2-1-3-7-13/h1-3,6-7,14H,4-5,8-12H2. The van der Waals surface area contributed by atoms with Gasteiger partial charge in [0.25, 0.3) is 0 Å². The molecule has 0 heterocycles. The summed E-state index contributed by atoms with van der Waals surface area (Å²) in [6.07, 6.45) is 5.24. The van der Waals surface area contributed by atoms with Crippen LogP contribution in [0.5, 0.6) is 0 Å². The summed E-state index contributed by atoms with van der Waals surface area (Å²) in [4.78, 5) is 14.3. The summed E-state index contributed by atoms with van der Waals surface area (Å²) in [5, 5.41) is 0. The lowest BCUT2D eigenvalue weighted by atomic mass is 10.1. The van der Waals surface area contributed by atoms with E-state index in [1.54, 1.807) is 0 Å². The minimum absolute atomic E-state index is 0.216. The monoisotopic (exact) mass is 265 g/mol. The van der Waals surface area contributed by atoms with E-state index < -0.39 is 0 Å². The molecule has 0 saturated heterocycles. The Hall–Kier alpha value is -1.02. The molecular formula is C15H20ClNO. The van der Waals surface area contributed by atoms with Gasteiger partial charge in [-0.1, -0.05) is 43.2 Å². The van der Waals surface area contributed by atoms with Gasteiger partial charge in [0.2, 0.25) is 5.91 Å². The molecule has 0 aromatic heterocycles. The van der Waals surface area contributed by atoms with Gasteiger partial charge < -0.3 is 4.90 Å². The van der Waals surface area contributed by atoms with Crippen molar-refractivity contribution in [1.29, 1.82) is 0 Å². The molecule has 2 rings (SSSR count). The summed E-state index contributed by atoms with van der Waals surface area (Å²) in [6, 6.07) is 10.4. The molecule has 1 aliphatic carbocycles. The Morgan fingerprint density at radius 2 is 1.89 bits per heavy atom. The molecule has 1 aliphatic rings. The Balaban J connectivity index is 1.99. The van der Waals surface area contributed by atoms with E-state index >= 15 is 0 Å². The molecule has 3 heteroatoms. The van der Waals surface area contributed by atoms with Crippen molar-refractivity contribution >= 4 is 17.5 Å². The van der Waals surface area contributed by atoms with Crippen LogP contribution in [0.15, 0.2) is 30.3 Å². The maximum atomic E-state index is 12.4. The minimum Gasteiger partial charge on any atom is -0.338 e. The summed E-state index contributed by atoms with van der Waals surface area (Å²) in [5.41, 5.74) is 1.08. The molecule has 0 radical (unpaired) electrons. The first-order chi connectivity index (χ1) is 8.81. The van der Waals surface area contributed by atoms with Gasteiger partial charge >= 0.3 is 0 Å². The Morgan fingerprint density at radius 1 is 1.22 bits per heavy atom. The summed E-state index contributed by atoms with van der Waals surface area (Å²) >= 11 is 5.83. The van der Waals surface area contributed by atoms with Crippen LogP contribution in [-0.4, -0.2) is 29.3 Å². The topological polar surface area (TPSA) is 20.3 Å². The minimum atomic E-state index is 0.216. The van der Waals surface area contributed by atoms with Crippen molar-refractivity contribution in [3.8, 4) is 0 Å². The molecule has 0 atom stereocenters. The summed E-state index contributed by atoms with van der Waals surface area (Å²) in [5.74, 6) is 0.741. The van der Waals surface area contributed by atoms with E-state index in [-0.39, 0.29) is 5.91 Å². The van der Waals surface area contributed by atoms with Gasteiger partial charge in [0.05, 0.1) is 6.42 Å². The molecule has 0 bridgehead atoms. The maximum Gasteiger partial charge on any atom is 0.227 e. The number of halogens is 1. The largest absolute Gasteiger partial charge is 0.338 e. The molecule has 1 aromatic rings. The number of nitrogens with zero attached hydrogens (tertiary/aromatic N) is 1. The zero-order valence-electron chi connectivity index (χ0n) is 10.6. The molecule has 18 heavy (non-hydrogen) atoms. The Morgan fingerprint density at radius 3 is 2.50 bits per heavy atom. The zero-order valence-corrected chi connectivity index (χ0v) is 11.4. The van der Waals surface area contributed by atoms with Gasteiger partial charge in [0.15, 0.2) is 0 Å². The molecule has 0 aliphatic heterocycles. The number of benzene rings is 1. The fourth-order valence-electron chi connectivity index (χ4n) is 2.69. The zero-order chi connectivity index (χ0) is 12.8. The molecule has 1 saturated carbocycles. The van der Waals surface area contributed by atoms with Crippen LogP contribution in [0.3, 0.4) is 0 Å². The van der Waals surface area contributed by atoms with E-state index in [9.17, 15) is 4.79 Å². The number of alkyl halides is 1. The molecular weight excluding hydrogens is 246 g/mol. The van der Waals surface area contributed by atoms with Crippen LogP contribution in [0.4, 0.5) is 0 Å².